The summed E-state index contributed by atoms with van der Waals surface area (Å²) in [5, 5.41) is 20.7. The molecule has 0 bridgehead atoms. The molecule has 0 aromatic heterocycles. The second-order valence-electron chi connectivity index (χ2n) is 16.4. The molecule has 0 aromatic carbocycles. The van der Waals surface area contributed by atoms with E-state index in [0.717, 1.165) is 44.9 Å². The number of hydrogen-bond donors (Lipinski definition) is 2. The van der Waals surface area contributed by atoms with Crippen molar-refractivity contribution < 1.29 is 52.3 Å². The molecule has 12 heteroatoms. The van der Waals surface area contributed by atoms with Gasteiger partial charge in [0.25, 0.3) is 7.82 Å². The lowest BCUT2D eigenvalue weighted by atomic mass is 10.0. The highest BCUT2D eigenvalue weighted by Gasteiger charge is 2.22. The zero-order valence-corrected chi connectivity index (χ0v) is 38.1. The maximum Gasteiger partial charge on any atom is 0.306 e. The topological polar surface area (TPSA) is 152 Å². The van der Waals surface area contributed by atoms with Crippen molar-refractivity contribution in [1.29, 1.82) is 0 Å². The molecule has 3 unspecified atom stereocenters. The van der Waals surface area contributed by atoms with Crippen molar-refractivity contribution in [2.45, 2.75) is 186 Å². The highest BCUT2D eigenvalue weighted by molar-refractivity contribution is 7.45. The third kappa shape index (κ3) is 39.4. The summed E-state index contributed by atoms with van der Waals surface area (Å²) in [4.78, 5) is 37.6. The van der Waals surface area contributed by atoms with Gasteiger partial charge < -0.3 is 38.1 Å². The van der Waals surface area contributed by atoms with Gasteiger partial charge in [-0.25, -0.2) is 0 Å². The fourth-order valence-corrected chi connectivity index (χ4v) is 6.54. The summed E-state index contributed by atoms with van der Waals surface area (Å²) >= 11 is 0. The molecule has 0 amide bonds. The largest absolute Gasteiger partial charge is 0.756 e. The predicted octanol–water partition coefficient (Wildman–Crippen LogP) is 10.00. The standard InChI is InChI=1S/C46H84NO10P/c1-6-8-10-12-14-16-18-20-21-22-24-26-28-30-32-36-46(51)57-42(41-56-58(52,53)55-39-38-47(3,4)5)40-54-45(50)37-33-35-44(49)43(48)34-31-29-27-25-23-19-17-15-13-11-9-7-2/h15-18,23,25,29,31,42-44,48-49H,6-14,19-22,24,26-28,30,32-41H2,1-5H3/b17-15-,18-16-,25-23-,31-29-/t42-,43?,44?/m1/s1. The number of quaternary nitrogens is 1. The highest BCUT2D eigenvalue weighted by Crippen LogP contribution is 2.38. The lowest BCUT2D eigenvalue weighted by Crippen LogP contribution is -2.37. The minimum absolute atomic E-state index is 0.0387. The molecule has 0 saturated heterocycles. The van der Waals surface area contributed by atoms with Gasteiger partial charge in [-0.3, -0.25) is 14.2 Å². The first-order valence-electron chi connectivity index (χ1n) is 22.5. The second kappa shape index (κ2) is 37.9. The Hall–Kier alpha value is -2.11. The first-order chi connectivity index (χ1) is 27.8. The number of nitrogens with zero attached hydrogens (tertiary/aromatic N) is 1. The molecule has 0 aromatic rings. The van der Waals surface area contributed by atoms with Crippen molar-refractivity contribution in [3.63, 3.8) is 0 Å². The van der Waals surface area contributed by atoms with Crippen LogP contribution in [0.4, 0.5) is 0 Å². The lowest BCUT2D eigenvalue weighted by molar-refractivity contribution is -0.870. The van der Waals surface area contributed by atoms with E-state index in [1.54, 1.807) is 0 Å². The molecule has 11 nitrogen and oxygen atoms in total. The van der Waals surface area contributed by atoms with E-state index in [2.05, 4.69) is 50.3 Å². The van der Waals surface area contributed by atoms with E-state index in [4.69, 9.17) is 18.5 Å². The van der Waals surface area contributed by atoms with Crippen LogP contribution in [0.1, 0.15) is 168 Å². The van der Waals surface area contributed by atoms with Crippen molar-refractivity contribution in [1.82, 2.24) is 0 Å². The number of likely N-dealkylation sites (N-methyl/N-ethyl adjacent to an activating group) is 1. The van der Waals surface area contributed by atoms with Gasteiger partial charge in [-0.05, 0) is 77.0 Å². The summed E-state index contributed by atoms with van der Waals surface area (Å²) in [6.45, 7) is 3.84. The van der Waals surface area contributed by atoms with Crippen LogP contribution in [0.25, 0.3) is 0 Å². The first kappa shape index (κ1) is 55.9. The highest BCUT2D eigenvalue weighted by atomic mass is 31.2. The van der Waals surface area contributed by atoms with Crippen LogP contribution in [-0.2, 0) is 32.7 Å². The molecule has 4 atom stereocenters. The van der Waals surface area contributed by atoms with E-state index in [-0.39, 0.29) is 32.3 Å². The number of aliphatic hydroxyl groups is 2. The van der Waals surface area contributed by atoms with Crippen molar-refractivity contribution >= 4 is 19.8 Å². The number of carbonyl (C=O) groups excluding carboxylic acids is 2. The van der Waals surface area contributed by atoms with Gasteiger partial charge >= 0.3 is 11.9 Å². The monoisotopic (exact) mass is 842 g/mol. The Kier molecular flexibility index (Phi) is 36.5. The molecule has 0 aliphatic rings. The van der Waals surface area contributed by atoms with E-state index in [1.165, 1.54) is 70.6 Å². The van der Waals surface area contributed by atoms with Crippen LogP contribution < -0.4 is 4.89 Å². The van der Waals surface area contributed by atoms with E-state index < -0.39 is 51.3 Å². The average molecular weight is 842 g/mol. The van der Waals surface area contributed by atoms with E-state index in [9.17, 15) is 29.3 Å². The number of rotatable bonds is 40. The molecule has 58 heavy (non-hydrogen) atoms. The number of hydrogen-bond acceptors (Lipinski definition) is 10. The van der Waals surface area contributed by atoms with Crippen LogP contribution in [0, 0.1) is 0 Å². The van der Waals surface area contributed by atoms with E-state index in [0.29, 0.717) is 23.9 Å². The molecular weight excluding hydrogens is 757 g/mol. The van der Waals surface area contributed by atoms with Crippen molar-refractivity contribution in [3.05, 3.63) is 48.6 Å². The number of aliphatic hydroxyl groups excluding tert-OH is 2. The number of phosphoric acid groups is 1. The van der Waals surface area contributed by atoms with Gasteiger partial charge in [0.2, 0.25) is 0 Å². The Morgan fingerprint density at radius 2 is 1.12 bits per heavy atom. The summed E-state index contributed by atoms with van der Waals surface area (Å²) < 4.78 is 33.7. The summed E-state index contributed by atoms with van der Waals surface area (Å²) in [5.41, 5.74) is 0. The third-order valence-electron chi connectivity index (χ3n) is 9.52. The van der Waals surface area contributed by atoms with Gasteiger partial charge in [0.15, 0.2) is 6.10 Å². The van der Waals surface area contributed by atoms with Crippen molar-refractivity contribution in [3.8, 4) is 0 Å². The summed E-state index contributed by atoms with van der Waals surface area (Å²) in [6.07, 6.45) is 35.9. The lowest BCUT2D eigenvalue weighted by Gasteiger charge is -2.28. The Bertz CT molecular complexity index is 1170. The summed E-state index contributed by atoms with van der Waals surface area (Å²) in [5.74, 6) is -1.13. The minimum atomic E-state index is -4.70. The minimum Gasteiger partial charge on any atom is -0.756 e. The number of unbranched alkanes of at least 4 members (excludes halogenated alkanes) is 14. The van der Waals surface area contributed by atoms with Crippen molar-refractivity contribution in [2.24, 2.45) is 0 Å². The van der Waals surface area contributed by atoms with Crippen LogP contribution in [-0.4, -0.2) is 92.5 Å². The molecule has 0 aliphatic heterocycles. The number of phosphoric ester groups is 1. The normalized spacial score (nSPS) is 15.1. The van der Waals surface area contributed by atoms with Crippen LogP contribution >= 0.6 is 7.82 Å². The molecule has 0 rings (SSSR count). The quantitative estimate of drug-likeness (QED) is 0.0201. The fourth-order valence-electron chi connectivity index (χ4n) is 5.81. The summed E-state index contributed by atoms with van der Waals surface area (Å²) in [6, 6.07) is 0. The number of ether oxygens (including phenoxy) is 2. The molecule has 338 valence electrons. The van der Waals surface area contributed by atoms with E-state index >= 15 is 0 Å². The molecule has 0 heterocycles. The zero-order valence-electron chi connectivity index (χ0n) is 37.2. The van der Waals surface area contributed by atoms with Crippen LogP contribution in [0.5, 0.6) is 0 Å². The Labute approximate surface area is 353 Å². The Morgan fingerprint density at radius 1 is 0.621 bits per heavy atom. The molecule has 0 radical (unpaired) electrons. The van der Waals surface area contributed by atoms with E-state index in [1.807, 2.05) is 33.3 Å². The van der Waals surface area contributed by atoms with Crippen LogP contribution in [0.2, 0.25) is 0 Å². The maximum atomic E-state index is 12.7. The average Bonchev–Trinajstić information content (AvgIpc) is 3.17. The van der Waals surface area contributed by atoms with Crippen molar-refractivity contribution in [2.75, 3.05) is 47.5 Å². The fraction of sp³-hybridized carbons (Fsp3) is 0.783. The van der Waals surface area contributed by atoms with Crippen LogP contribution in [0.15, 0.2) is 48.6 Å². The SMILES string of the molecule is CCCCC/C=C\C/C=C\C/C=C\CC(O)C(O)CCCC(=O)OC[C@H](COP(=O)([O-])OCC[N+](C)(C)C)OC(=O)CCCCCCCCC/C=C\CCCCCC. The molecule has 2 N–H and O–H groups in total. The molecule has 0 fully saturated rings. The molecule has 0 spiro atoms. The molecule has 0 aliphatic carbocycles. The van der Waals surface area contributed by atoms with Gasteiger partial charge in [-0.1, -0.05) is 127 Å². The van der Waals surface area contributed by atoms with Gasteiger partial charge in [0, 0.05) is 12.8 Å². The smallest absolute Gasteiger partial charge is 0.306 e. The predicted molar refractivity (Wildman–Crippen MR) is 234 cm³/mol. The molecular formula is C46H84NO10P. The van der Waals surface area contributed by atoms with Crippen LogP contribution in [0.3, 0.4) is 0 Å². The van der Waals surface area contributed by atoms with Gasteiger partial charge in [-0.2, -0.15) is 0 Å². The maximum absolute atomic E-state index is 12.7. The number of esters is 2. The number of carbonyl (C=O) groups is 2. The third-order valence-corrected chi connectivity index (χ3v) is 10.5. The van der Waals surface area contributed by atoms with Gasteiger partial charge in [0.1, 0.15) is 19.8 Å². The summed E-state index contributed by atoms with van der Waals surface area (Å²) in [7, 11) is 1.01. The Balaban J connectivity index is 4.60. The first-order valence-corrected chi connectivity index (χ1v) is 24.0. The Morgan fingerprint density at radius 3 is 1.74 bits per heavy atom. The molecule has 0 saturated carbocycles. The van der Waals surface area contributed by atoms with Gasteiger partial charge in [-0.15, -0.1) is 0 Å². The second-order valence-corrected chi connectivity index (χ2v) is 17.8. The number of allylic oxidation sites excluding steroid dienone is 7. The van der Waals surface area contributed by atoms with Gasteiger partial charge in [0.05, 0.1) is 40.0 Å². The zero-order chi connectivity index (χ0) is 43.2.